The van der Waals surface area contributed by atoms with Crippen LogP contribution in [0.4, 0.5) is 24.8 Å². The lowest BCUT2D eigenvalue weighted by Crippen LogP contribution is -2.37. The molecule has 3 aromatic rings. The molecule has 1 atom stereocenters. The lowest BCUT2D eigenvalue weighted by atomic mass is 10.1. The van der Waals surface area contributed by atoms with Crippen molar-refractivity contribution in [1.29, 1.82) is 0 Å². The van der Waals surface area contributed by atoms with Crippen molar-refractivity contribution >= 4 is 28.5 Å². The van der Waals surface area contributed by atoms with Crippen LogP contribution in [0.15, 0.2) is 42.7 Å². The Hall–Kier alpha value is -3.51. The second-order valence-corrected chi connectivity index (χ2v) is 9.87. The third-order valence-electron chi connectivity index (χ3n) is 6.81. The number of alkyl halides is 3. The number of carbonyl (C=O) groups is 1. The summed E-state index contributed by atoms with van der Waals surface area (Å²) >= 11 is 0. The predicted octanol–water partition coefficient (Wildman–Crippen LogP) is 4.54. The van der Waals surface area contributed by atoms with Crippen molar-refractivity contribution in [3.05, 3.63) is 54.0 Å². The molecular weight excluding hydrogens is 525 g/mol. The molecule has 0 bridgehead atoms. The summed E-state index contributed by atoms with van der Waals surface area (Å²) in [6.07, 6.45) is 1.76. The van der Waals surface area contributed by atoms with E-state index in [1.165, 1.54) is 11.9 Å². The highest BCUT2D eigenvalue weighted by molar-refractivity contribution is 5.90. The van der Waals surface area contributed by atoms with Gasteiger partial charge in [-0.1, -0.05) is 18.2 Å². The Morgan fingerprint density at radius 2 is 1.98 bits per heavy atom. The van der Waals surface area contributed by atoms with Crippen molar-refractivity contribution in [2.75, 3.05) is 50.0 Å². The summed E-state index contributed by atoms with van der Waals surface area (Å²) in [5.74, 6) is 0.337. The zero-order valence-electron chi connectivity index (χ0n) is 22.3. The topological polar surface area (TPSA) is 112 Å². The zero-order chi connectivity index (χ0) is 28.4. The van der Waals surface area contributed by atoms with Gasteiger partial charge in [0.1, 0.15) is 30.6 Å². The fraction of sp³-hybridized carbons (Fsp3) is 0.500. The van der Waals surface area contributed by atoms with E-state index in [9.17, 15) is 23.1 Å². The van der Waals surface area contributed by atoms with Gasteiger partial charge in [0.25, 0.3) is 0 Å². The van der Waals surface area contributed by atoms with Gasteiger partial charge in [0, 0.05) is 30.7 Å². The molecule has 2 aromatic heterocycles. The molecular formula is C28H35F3N6O3. The second-order valence-electron chi connectivity index (χ2n) is 9.87. The number of aromatic nitrogens is 3. The molecule has 0 spiro atoms. The molecule has 3 heterocycles. The first-order chi connectivity index (χ1) is 19.3. The number of anilines is 2. The van der Waals surface area contributed by atoms with Crippen LogP contribution in [0.3, 0.4) is 0 Å². The van der Waals surface area contributed by atoms with Crippen LogP contribution in [0.5, 0.6) is 0 Å². The minimum atomic E-state index is -4.39. The van der Waals surface area contributed by atoms with Crippen molar-refractivity contribution in [2.24, 2.45) is 0 Å². The zero-order valence-corrected chi connectivity index (χ0v) is 22.3. The molecule has 0 aliphatic carbocycles. The van der Waals surface area contributed by atoms with Gasteiger partial charge in [-0.3, -0.25) is 0 Å². The molecule has 0 unspecified atom stereocenters. The van der Waals surface area contributed by atoms with Gasteiger partial charge >= 0.3 is 12.1 Å². The fourth-order valence-electron chi connectivity index (χ4n) is 4.72. The number of unbranched alkanes of at least 4 members (excludes halogenated alkanes) is 1. The average Bonchev–Trinajstić information content (AvgIpc) is 2.94. The predicted molar refractivity (Wildman–Crippen MR) is 147 cm³/mol. The number of halogens is 3. The second kappa shape index (κ2) is 14.2. The maximum absolute atomic E-state index is 12.5. The van der Waals surface area contributed by atoms with E-state index in [0.29, 0.717) is 29.8 Å². The first kappa shape index (κ1) is 29.5. The SMILES string of the molecule is O=C(O)[C@H](CCN(CCCCc1ccc2c(n1)NCCC2)CCOCC(F)(F)F)Nc1ncnc2ccccc12. The van der Waals surface area contributed by atoms with E-state index in [1.807, 2.05) is 29.2 Å². The summed E-state index contributed by atoms with van der Waals surface area (Å²) in [4.78, 5) is 27.2. The summed E-state index contributed by atoms with van der Waals surface area (Å²) < 4.78 is 42.4. The molecule has 1 aliphatic heterocycles. The van der Waals surface area contributed by atoms with Gasteiger partial charge in [0.2, 0.25) is 0 Å². The number of para-hydroxylation sites is 1. The molecule has 9 nitrogen and oxygen atoms in total. The Balaban J connectivity index is 1.32. The van der Waals surface area contributed by atoms with E-state index in [-0.39, 0.29) is 19.6 Å². The molecule has 40 heavy (non-hydrogen) atoms. The third-order valence-corrected chi connectivity index (χ3v) is 6.81. The first-order valence-corrected chi connectivity index (χ1v) is 13.6. The number of carboxylic acids is 1. The number of hydrogen-bond acceptors (Lipinski definition) is 8. The number of ether oxygens (including phenoxy) is 1. The minimum Gasteiger partial charge on any atom is -0.480 e. The van der Waals surface area contributed by atoms with E-state index in [0.717, 1.165) is 50.2 Å². The average molecular weight is 561 g/mol. The number of benzene rings is 1. The molecule has 0 saturated heterocycles. The fourth-order valence-corrected chi connectivity index (χ4v) is 4.72. The number of rotatable bonds is 15. The summed E-state index contributed by atoms with van der Waals surface area (Å²) in [6, 6.07) is 10.5. The molecule has 4 rings (SSSR count). The van der Waals surface area contributed by atoms with Crippen molar-refractivity contribution in [3.63, 3.8) is 0 Å². The van der Waals surface area contributed by atoms with E-state index < -0.39 is 24.8 Å². The van der Waals surface area contributed by atoms with E-state index in [4.69, 9.17) is 9.72 Å². The van der Waals surface area contributed by atoms with E-state index >= 15 is 0 Å². The number of aryl methyl sites for hydroxylation is 2. The van der Waals surface area contributed by atoms with Crippen LogP contribution in [0.1, 0.15) is 36.9 Å². The molecule has 1 aliphatic rings. The maximum atomic E-state index is 12.5. The number of hydrogen-bond donors (Lipinski definition) is 3. The Morgan fingerprint density at radius 1 is 1.12 bits per heavy atom. The molecule has 216 valence electrons. The van der Waals surface area contributed by atoms with Crippen molar-refractivity contribution in [1.82, 2.24) is 19.9 Å². The normalized spacial score (nSPS) is 14.1. The van der Waals surface area contributed by atoms with Gasteiger partial charge < -0.3 is 25.4 Å². The number of nitrogens with zero attached hydrogens (tertiary/aromatic N) is 4. The van der Waals surface area contributed by atoms with Gasteiger partial charge in [0.05, 0.1) is 12.1 Å². The quantitative estimate of drug-likeness (QED) is 0.231. The Labute approximate surface area is 231 Å². The Morgan fingerprint density at radius 3 is 2.80 bits per heavy atom. The summed E-state index contributed by atoms with van der Waals surface area (Å²) in [5.41, 5.74) is 2.92. The molecule has 1 aromatic carbocycles. The number of aliphatic carboxylic acids is 1. The smallest absolute Gasteiger partial charge is 0.411 e. The lowest BCUT2D eigenvalue weighted by Gasteiger charge is -2.25. The van der Waals surface area contributed by atoms with Gasteiger partial charge in [-0.15, -0.1) is 0 Å². The molecule has 12 heteroatoms. The van der Waals surface area contributed by atoms with Crippen molar-refractivity contribution in [3.8, 4) is 0 Å². The van der Waals surface area contributed by atoms with E-state index in [2.05, 4.69) is 32.7 Å². The van der Waals surface area contributed by atoms with Crippen LogP contribution in [-0.4, -0.2) is 82.5 Å². The van der Waals surface area contributed by atoms with Gasteiger partial charge in [0.15, 0.2) is 0 Å². The lowest BCUT2D eigenvalue weighted by molar-refractivity contribution is -0.174. The highest BCUT2D eigenvalue weighted by Gasteiger charge is 2.27. The Kier molecular flexibility index (Phi) is 10.5. The van der Waals surface area contributed by atoms with Crippen LogP contribution in [-0.2, 0) is 22.4 Å². The summed E-state index contributed by atoms with van der Waals surface area (Å²) in [7, 11) is 0. The van der Waals surface area contributed by atoms with Crippen LogP contribution in [0.2, 0.25) is 0 Å². The van der Waals surface area contributed by atoms with Crippen LogP contribution in [0, 0.1) is 0 Å². The van der Waals surface area contributed by atoms with Crippen LogP contribution in [0.25, 0.3) is 10.9 Å². The molecule has 0 fully saturated rings. The summed E-state index contributed by atoms with van der Waals surface area (Å²) in [6.45, 7) is 0.747. The Bertz CT molecular complexity index is 1250. The van der Waals surface area contributed by atoms with Crippen molar-refractivity contribution in [2.45, 2.75) is 50.7 Å². The van der Waals surface area contributed by atoms with Gasteiger partial charge in [-0.2, -0.15) is 13.2 Å². The van der Waals surface area contributed by atoms with Crippen LogP contribution < -0.4 is 10.6 Å². The van der Waals surface area contributed by atoms with Gasteiger partial charge in [-0.25, -0.2) is 19.7 Å². The maximum Gasteiger partial charge on any atom is 0.411 e. The number of carboxylic acid groups (broad SMARTS) is 1. The molecule has 0 saturated carbocycles. The van der Waals surface area contributed by atoms with Crippen molar-refractivity contribution < 1.29 is 27.8 Å². The van der Waals surface area contributed by atoms with Crippen LogP contribution >= 0.6 is 0 Å². The molecule has 0 amide bonds. The first-order valence-electron chi connectivity index (χ1n) is 13.6. The van der Waals surface area contributed by atoms with E-state index in [1.54, 1.807) is 0 Å². The highest BCUT2D eigenvalue weighted by Crippen LogP contribution is 2.21. The third kappa shape index (κ3) is 9.02. The largest absolute Gasteiger partial charge is 0.480 e. The number of fused-ring (bicyclic) bond motifs is 2. The number of nitrogens with one attached hydrogen (secondary N) is 2. The highest BCUT2D eigenvalue weighted by atomic mass is 19.4. The standard InChI is InChI=1S/C28H35F3N6O3/c29-28(30,31)18-40-17-16-37(14-4-3-7-21-11-10-20-6-5-13-32-25(20)35-21)15-12-24(27(38)39)36-26-22-8-1-2-9-23(22)33-19-34-26/h1-2,8-11,19,24H,3-7,12-18H2,(H,32,35)(H,38,39)(H,33,34,36)/t24-/m0/s1. The van der Waals surface area contributed by atoms with Gasteiger partial charge in [-0.05, 0) is 68.8 Å². The monoisotopic (exact) mass is 560 g/mol. The summed E-state index contributed by atoms with van der Waals surface area (Å²) in [5, 5.41) is 16.9. The number of pyridine rings is 1. The molecule has 3 N–H and O–H groups in total. The minimum absolute atomic E-state index is 0.0979. The molecule has 0 radical (unpaired) electrons.